The lowest BCUT2D eigenvalue weighted by molar-refractivity contribution is 0.179. The highest BCUT2D eigenvalue weighted by Gasteiger charge is 2.24. The second-order valence-corrected chi connectivity index (χ2v) is 8.30. The summed E-state index contributed by atoms with van der Waals surface area (Å²) in [5.41, 5.74) is 9.65. The zero-order valence-corrected chi connectivity index (χ0v) is 18.7. The van der Waals surface area contributed by atoms with Gasteiger partial charge in [-0.25, -0.2) is 0 Å². The minimum atomic E-state index is -0.753. The first kappa shape index (κ1) is 28.6. The number of halogens is 2. The van der Waals surface area contributed by atoms with Gasteiger partial charge in [-0.2, -0.15) is 0 Å². The lowest BCUT2D eigenvalue weighted by Crippen LogP contribution is -2.44. The molecule has 0 aliphatic rings. The molecule has 6 N–H and O–H groups in total. The van der Waals surface area contributed by atoms with Crippen molar-refractivity contribution in [2.24, 2.45) is 11.5 Å². The van der Waals surface area contributed by atoms with Crippen LogP contribution in [0.3, 0.4) is 0 Å². The van der Waals surface area contributed by atoms with Crippen molar-refractivity contribution in [2.75, 3.05) is 0 Å². The van der Waals surface area contributed by atoms with Crippen molar-refractivity contribution in [3.8, 4) is 0 Å². The van der Waals surface area contributed by atoms with Crippen molar-refractivity contribution in [2.45, 2.75) is 114 Å². The number of ether oxygens (including phenoxy) is 1. The summed E-state index contributed by atoms with van der Waals surface area (Å²) in [5.74, 6) is 0. The molecule has 2 unspecified atom stereocenters. The lowest BCUT2D eigenvalue weighted by atomic mass is 10.0. The van der Waals surface area contributed by atoms with Crippen LogP contribution in [0.2, 0.25) is 0 Å². The zero-order valence-electron chi connectivity index (χ0n) is 16.4. The fourth-order valence-corrected chi connectivity index (χ4v) is 3.55. The Kier molecular flexibility index (Phi) is 22.1. The number of thiocarbonyl (C=S) groups is 1. The Morgan fingerprint density at radius 3 is 1.46 bits per heavy atom. The van der Waals surface area contributed by atoms with Gasteiger partial charge in [0.2, 0.25) is 0 Å². The van der Waals surface area contributed by atoms with Crippen LogP contribution in [0.1, 0.15) is 96.8 Å². The van der Waals surface area contributed by atoms with Gasteiger partial charge in [0, 0.05) is 6.42 Å². The van der Waals surface area contributed by atoms with Crippen LogP contribution in [0.15, 0.2) is 0 Å². The molecule has 0 bridgehead atoms. The van der Waals surface area contributed by atoms with Gasteiger partial charge >= 0.3 is 0 Å². The van der Waals surface area contributed by atoms with E-state index in [0.717, 1.165) is 12.8 Å². The van der Waals surface area contributed by atoms with E-state index in [1.165, 1.54) is 77.0 Å². The molecule has 0 amide bonds. The number of rotatable bonds is 17. The average molecular weight is 432 g/mol. The van der Waals surface area contributed by atoms with Crippen molar-refractivity contribution >= 4 is 40.5 Å². The van der Waals surface area contributed by atoms with Gasteiger partial charge in [-0.05, 0) is 18.6 Å². The van der Waals surface area contributed by atoms with Crippen LogP contribution in [0.4, 0.5) is 0 Å². The van der Waals surface area contributed by atoms with Crippen molar-refractivity contribution in [1.29, 1.82) is 0 Å². The van der Waals surface area contributed by atoms with Crippen LogP contribution in [0.25, 0.3) is 0 Å². The Morgan fingerprint density at radius 1 is 0.769 bits per heavy atom. The maximum atomic E-state index is 5.80. The zero-order chi connectivity index (χ0) is 18.9. The lowest BCUT2D eigenvalue weighted by Gasteiger charge is -2.23. The SMILES string of the molecule is CCCCCCCCCCCCCCCC(=S)OC(C(N)Cl)C(N)Cl.O. The molecule has 0 heterocycles. The number of alkyl halides is 2. The van der Waals surface area contributed by atoms with E-state index >= 15 is 0 Å². The monoisotopic (exact) mass is 430 g/mol. The third-order valence-electron chi connectivity index (χ3n) is 4.38. The smallest absolute Gasteiger partial charge is 0.160 e. The van der Waals surface area contributed by atoms with Crippen LogP contribution in [-0.2, 0) is 4.74 Å². The molecule has 0 aliphatic heterocycles. The molecule has 26 heavy (non-hydrogen) atoms. The van der Waals surface area contributed by atoms with Crippen LogP contribution in [-0.4, -0.2) is 27.6 Å². The van der Waals surface area contributed by atoms with Crippen molar-refractivity contribution < 1.29 is 10.2 Å². The molecule has 4 nitrogen and oxygen atoms in total. The summed E-state index contributed by atoms with van der Waals surface area (Å²) >= 11 is 16.8. The van der Waals surface area contributed by atoms with Gasteiger partial charge in [0.25, 0.3) is 0 Å². The minimum Gasteiger partial charge on any atom is -0.478 e. The maximum absolute atomic E-state index is 5.80. The van der Waals surface area contributed by atoms with E-state index in [4.69, 9.17) is 51.6 Å². The van der Waals surface area contributed by atoms with Gasteiger partial charge in [0.15, 0.2) is 11.2 Å². The van der Waals surface area contributed by atoms with Crippen LogP contribution >= 0.6 is 35.4 Å². The minimum absolute atomic E-state index is 0. The van der Waals surface area contributed by atoms with Crippen LogP contribution in [0.5, 0.6) is 0 Å². The highest BCUT2D eigenvalue weighted by atomic mass is 35.5. The molecular formula is C19H40Cl2N2O2S. The van der Waals surface area contributed by atoms with E-state index in [2.05, 4.69) is 6.92 Å². The van der Waals surface area contributed by atoms with Crippen molar-refractivity contribution in [1.82, 2.24) is 0 Å². The molecular weight excluding hydrogens is 391 g/mol. The molecule has 0 saturated heterocycles. The molecule has 0 aromatic carbocycles. The molecule has 158 valence electrons. The number of hydrogen-bond donors (Lipinski definition) is 2. The normalized spacial score (nSPS) is 14.3. The van der Waals surface area contributed by atoms with E-state index < -0.39 is 17.1 Å². The Hall–Kier alpha value is 0.350. The highest BCUT2D eigenvalue weighted by Crippen LogP contribution is 2.15. The molecule has 0 fully saturated rings. The summed E-state index contributed by atoms with van der Waals surface area (Å²) in [7, 11) is 0. The fraction of sp³-hybridized carbons (Fsp3) is 0.947. The quantitative estimate of drug-likeness (QED) is 0.139. The topological polar surface area (TPSA) is 92.8 Å². The average Bonchev–Trinajstić information content (AvgIpc) is 2.56. The number of unbranched alkanes of at least 4 members (excludes halogenated alkanes) is 12. The van der Waals surface area contributed by atoms with Gasteiger partial charge in [0.05, 0.1) is 0 Å². The summed E-state index contributed by atoms with van der Waals surface area (Å²) in [6.45, 7) is 2.27. The third-order valence-corrected chi connectivity index (χ3v) is 5.18. The molecule has 0 radical (unpaired) electrons. The summed E-state index contributed by atoms with van der Waals surface area (Å²) in [5, 5.41) is 0.500. The molecule has 0 aromatic heterocycles. The third kappa shape index (κ3) is 17.7. The van der Waals surface area contributed by atoms with Gasteiger partial charge in [-0.3, -0.25) is 0 Å². The predicted molar refractivity (Wildman–Crippen MR) is 119 cm³/mol. The molecule has 0 aromatic rings. The van der Waals surface area contributed by atoms with Crippen molar-refractivity contribution in [3.05, 3.63) is 0 Å². The molecule has 0 spiro atoms. The first-order valence-corrected chi connectivity index (χ1v) is 11.3. The summed E-state index contributed by atoms with van der Waals surface area (Å²) in [6, 6.07) is 0. The van der Waals surface area contributed by atoms with E-state index in [0.29, 0.717) is 5.05 Å². The van der Waals surface area contributed by atoms with Gasteiger partial charge in [-0.1, -0.05) is 84.0 Å². The highest BCUT2D eigenvalue weighted by molar-refractivity contribution is 7.80. The second-order valence-electron chi connectivity index (χ2n) is 6.84. The molecule has 2 atom stereocenters. The number of nitrogens with two attached hydrogens (primary N) is 2. The van der Waals surface area contributed by atoms with Crippen LogP contribution < -0.4 is 11.5 Å². The predicted octanol–water partition coefficient (Wildman–Crippen LogP) is 5.40. The molecule has 0 aliphatic carbocycles. The largest absolute Gasteiger partial charge is 0.478 e. The molecule has 7 heteroatoms. The summed E-state index contributed by atoms with van der Waals surface area (Å²) in [4.78, 5) is 0. The molecule has 0 saturated carbocycles. The van der Waals surface area contributed by atoms with E-state index in [1.54, 1.807) is 0 Å². The van der Waals surface area contributed by atoms with E-state index in [9.17, 15) is 0 Å². The number of hydrogen-bond acceptors (Lipinski definition) is 4. The first-order chi connectivity index (χ1) is 12.0. The second kappa shape index (κ2) is 20.1. The van der Waals surface area contributed by atoms with E-state index in [-0.39, 0.29) is 5.48 Å². The summed E-state index contributed by atoms with van der Waals surface area (Å²) in [6.07, 6.45) is 17.3. The first-order valence-electron chi connectivity index (χ1n) is 9.97. The van der Waals surface area contributed by atoms with Gasteiger partial charge < -0.3 is 21.7 Å². The fourth-order valence-electron chi connectivity index (χ4n) is 2.80. The Morgan fingerprint density at radius 2 is 1.12 bits per heavy atom. The Labute approximate surface area is 176 Å². The summed E-state index contributed by atoms with van der Waals surface area (Å²) < 4.78 is 5.50. The Balaban J connectivity index is 0. The maximum Gasteiger partial charge on any atom is 0.160 e. The Bertz CT molecular complexity index is 314. The van der Waals surface area contributed by atoms with Crippen LogP contribution in [0, 0.1) is 0 Å². The molecule has 0 rings (SSSR count). The van der Waals surface area contributed by atoms with Crippen molar-refractivity contribution in [3.63, 3.8) is 0 Å². The standard InChI is InChI=1S/C19H38Cl2N2OS.H2O/c1-2-3-4-5-6-7-8-9-10-11-12-13-14-15-16(25)24-17(18(20)22)19(21)23;/h17-19H,2-15,22-23H2,1H3;1H2. The van der Waals surface area contributed by atoms with Gasteiger partial charge in [0.1, 0.15) is 11.0 Å². The van der Waals surface area contributed by atoms with E-state index in [1.807, 2.05) is 0 Å². The van der Waals surface area contributed by atoms with Gasteiger partial charge in [-0.15, -0.1) is 23.2 Å².